The highest BCUT2D eigenvalue weighted by atomic mass is 16.5. The van der Waals surface area contributed by atoms with Gasteiger partial charge < -0.3 is 4.74 Å². The maximum atomic E-state index is 4.94. The minimum Gasteiger partial charge on any atom is -0.474 e. The number of hydrogen-bond acceptors (Lipinski definition) is 1. The van der Waals surface area contributed by atoms with Crippen LogP contribution in [0.1, 0.15) is 103 Å². The van der Waals surface area contributed by atoms with E-state index >= 15 is 0 Å². The van der Waals surface area contributed by atoms with Gasteiger partial charge in [0.25, 0.3) is 0 Å². The molecule has 0 N–H and O–H groups in total. The fraction of sp³-hybridized carbons (Fsp3) is 0.800. The van der Waals surface area contributed by atoms with Crippen molar-refractivity contribution >= 4 is 0 Å². The van der Waals surface area contributed by atoms with Crippen LogP contribution in [0.2, 0.25) is 0 Å². The van der Waals surface area contributed by atoms with Gasteiger partial charge in [-0.15, -0.1) is 0 Å². The Morgan fingerprint density at radius 3 is 1.52 bits per heavy atom. The first-order valence-corrected chi connectivity index (χ1v) is 9.33. The minimum atomic E-state index is 1.13. The molecule has 0 saturated carbocycles. The molecule has 0 aliphatic heterocycles. The average Bonchev–Trinajstić information content (AvgIpc) is 2.50. The summed E-state index contributed by atoms with van der Waals surface area (Å²) in [4.78, 5) is 0. The SMILES string of the molecule is C=CO/C=C/CCCCCCCCCCCCCCCC. The molecule has 0 aliphatic rings. The van der Waals surface area contributed by atoms with Gasteiger partial charge >= 0.3 is 0 Å². The smallest absolute Gasteiger partial charge is 0.0861 e. The van der Waals surface area contributed by atoms with Crippen LogP contribution >= 0.6 is 0 Å². The molecule has 0 aromatic rings. The van der Waals surface area contributed by atoms with E-state index in [2.05, 4.69) is 19.6 Å². The second-order valence-electron chi connectivity index (χ2n) is 6.06. The maximum absolute atomic E-state index is 4.94. The molecule has 124 valence electrons. The highest BCUT2D eigenvalue weighted by Gasteiger charge is 1.93. The summed E-state index contributed by atoms with van der Waals surface area (Å²) in [5.74, 6) is 0. The lowest BCUT2D eigenvalue weighted by Crippen LogP contribution is -1.83. The highest BCUT2D eigenvalue weighted by molar-refractivity contribution is 4.75. The average molecular weight is 295 g/mol. The Hall–Kier alpha value is -0.720. The molecule has 0 aromatic heterocycles. The molecule has 0 amide bonds. The number of ether oxygens (including phenoxy) is 1. The summed E-state index contributed by atoms with van der Waals surface area (Å²) in [5, 5.41) is 0. The zero-order valence-electron chi connectivity index (χ0n) is 14.5. The van der Waals surface area contributed by atoms with Crippen LogP contribution < -0.4 is 0 Å². The van der Waals surface area contributed by atoms with E-state index in [0.29, 0.717) is 0 Å². The monoisotopic (exact) mass is 294 g/mol. The topological polar surface area (TPSA) is 9.23 Å². The third-order valence-electron chi connectivity index (χ3n) is 4.00. The second kappa shape index (κ2) is 19.3. The Morgan fingerprint density at radius 2 is 1.10 bits per heavy atom. The minimum absolute atomic E-state index is 1.13. The Kier molecular flexibility index (Phi) is 18.6. The van der Waals surface area contributed by atoms with Crippen molar-refractivity contribution in [2.75, 3.05) is 0 Å². The molecule has 0 rings (SSSR count). The van der Waals surface area contributed by atoms with Crippen molar-refractivity contribution in [3.8, 4) is 0 Å². The summed E-state index contributed by atoms with van der Waals surface area (Å²) in [6.07, 6.45) is 26.3. The van der Waals surface area contributed by atoms with Gasteiger partial charge in [-0.05, 0) is 18.9 Å². The number of allylic oxidation sites excluding steroid dienone is 1. The summed E-state index contributed by atoms with van der Waals surface area (Å²) in [6.45, 7) is 5.78. The first-order chi connectivity index (χ1) is 10.4. The van der Waals surface area contributed by atoms with E-state index < -0.39 is 0 Å². The van der Waals surface area contributed by atoms with Crippen molar-refractivity contribution in [1.29, 1.82) is 0 Å². The van der Waals surface area contributed by atoms with Gasteiger partial charge in [-0.2, -0.15) is 0 Å². The van der Waals surface area contributed by atoms with Crippen LogP contribution in [0, 0.1) is 0 Å². The Morgan fingerprint density at radius 1 is 0.667 bits per heavy atom. The summed E-state index contributed by atoms with van der Waals surface area (Å²) < 4.78 is 4.94. The molecule has 0 saturated heterocycles. The molecule has 1 heteroatoms. The molecule has 0 aliphatic carbocycles. The number of hydrogen-bond donors (Lipinski definition) is 0. The third-order valence-corrected chi connectivity index (χ3v) is 4.00. The van der Waals surface area contributed by atoms with Crippen LogP contribution in [-0.2, 0) is 4.74 Å². The zero-order valence-corrected chi connectivity index (χ0v) is 14.5. The van der Waals surface area contributed by atoms with E-state index in [4.69, 9.17) is 4.74 Å². The van der Waals surface area contributed by atoms with E-state index in [-0.39, 0.29) is 0 Å². The Balaban J connectivity index is 2.98. The van der Waals surface area contributed by atoms with E-state index in [9.17, 15) is 0 Å². The summed E-state index contributed by atoms with van der Waals surface area (Å²) >= 11 is 0. The lowest BCUT2D eigenvalue weighted by molar-refractivity contribution is 0.402. The standard InChI is InChI=1S/C20H38O/c1-3-5-6-7-8-9-10-11-12-13-14-15-16-17-18-19-20-21-4-2/h4,19-20H,2-3,5-18H2,1H3/b20-19+. The first kappa shape index (κ1) is 20.3. The maximum Gasteiger partial charge on any atom is 0.0861 e. The molecule has 0 spiro atoms. The fourth-order valence-corrected chi connectivity index (χ4v) is 2.64. The Bertz CT molecular complexity index is 220. The van der Waals surface area contributed by atoms with Crippen LogP contribution in [0.25, 0.3) is 0 Å². The molecule has 0 radical (unpaired) electrons. The molecule has 1 nitrogen and oxygen atoms in total. The third kappa shape index (κ3) is 19.3. The highest BCUT2D eigenvalue weighted by Crippen LogP contribution is 2.13. The van der Waals surface area contributed by atoms with E-state index in [1.165, 1.54) is 96.2 Å². The lowest BCUT2D eigenvalue weighted by atomic mass is 10.0. The molecule has 0 aromatic carbocycles. The van der Waals surface area contributed by atoms with Gasteiger partial charge in [-0.25, -0.2) is 0 Å². The van der Waals surface area contributed by atoms with Crippen molar-refractivity contribution in [2.45, 2.75) is 103 Å². The predicted molar refractivity (Wildman–Crippen MR) is 95.4 cm³/mol. The summed E-state index contributed by atoms with van der Waals surface area (Å²) in [6, 6.07) is 0. The van der Waals surface area contributed by atoms with E-state index in [1.54, 1.807) is 6.26 Å². The number of unbranched alkanes of at least 4 members (excludes halogenated alkanes) is 14. The fourth-order valence-electron chi connectivity index (χ4n) is 2.64. The molecule has 0 unspecified atom stereocenters. The second-order valence-corrected chi connectivity index (χ2v) is 6.06. The normalized spacial score (nSPS) is 11.1. The molecular formula is C20H38O. The van der Waals surface area contributed by atoms with Crippen LogP contribution in [0.3, 0.4) is 0 Å². The molecule has 0 fully saturated rings. The van der Waals surface area contributed by atoms with Crippen LogP contribution in [0.4, 0.5) is 0 Å². The van der Waals surface area contributed by atoms with Gasteiger partial charge in [0.1, 0.15) is 0 Å². The predicted octanol–water partition coefficient (Wildman–Crippen LogP) is 7.53. The lowest BCUT2D eigenvalue weighted by Gasteiger charge is -2.02. The van der Waals surface area contributed by atoms with Crippen molar-refractivity contribution in [3.63, 3.8) is 0 Å². The summed E-state index contributed by atoms with van der Waals surface area (Å²) in [5.41, 5.74) is 0. The number of rotatable bonds is 17. The Labute approximate surface area is 133 Å². The van der Waals surface area contributed by atoms with Crippen molar-refractivity contribution in [2.24, 2.45) is 0 Å². The van der Waals surface area contributed by atoms with Gasteiger partial charge in [0.15, 0.2) is 0 Å². The van der Waals surface area contributed by atoms with Gasteiger partial charge in [0, 0.05) is 0 Å². The van der Waals surface area contributed by atoms with Crippen LogP contribution in [0.5, 0.6) is 0 Å². The first-order valence-electron chi connectivity index (χ1n) is 9.33. The van der Waals surface area contributed by atoms with E-state index in [0.717, 1.165) is 6.42 Å². The van der Waals surface area contributed by atoms with E-state index in [1.807, 2.05) is 0 Å². The van der Waals surface area contributed by atoms with Crippen LogP contribution in [0.15, 0.2) is 25.2 Å². The summed E-state index contributed by atoms with van der Waals surface area (Å²) in [7, 11) is 0. The molecule has 21 heavy (non-hydrogen) atoms. The van der Waals surface area contributed by atoms with Crippen molar-refractivity contribution < 1.29 is 4.74 Å². The molecular weight excluding hydrogens is 256 g/mol. The largest absolute Gasteiger partial charge is 0.474 e. The van der Waals surface area contributed by atoms with Gasteiger partial charge in [-0.1, -0.05) is 97.0 Å². The van der Waals surface area contributed by atoms with Gasteiger partial charge in [0.2, 0.25) is 0 Å². The quantitative estimate of drug-likeness (QED) is 0.199. The van der Waals surface area contributed by atoms with Crippen LogP contribution in [-0.4, -0.2) is 0 Å². The molecule has 0 heterocycles. The van der Waals surface area contributed by atoms with Gasteiger partial charge in [-0.3, -0.25) is 0 Å². The molecule has 0 atom stereocenters. The molecule has 0 bridgehead atoms. The zero-order chi connectivity index (χ0) is 15.4. The van der Waals surface area contributed by atoms with Crippen molar-refractivity contribution in [3.05, 3.63) is 25.2 Å². The van der Waals surface area contributed by atoms with Crippen molar-refractivity contribution in [1.82, 2.24) is 0 Å². The van der Waals surface area contributed by atoms with Gasteiger partial charge in [0.05, 0.1) is 12.5 Å².